The lowest BCUT2D eigenvalue weighted by Gasteiger charge is -2.40. The first-order valence-electron chi connectivity index (χ1n) is 12.0. The molecule has 9 heteroatoms. The lowest BCUT2D eigenvalue weighted by molar-refractivity contribution is -0.153. The second-order valence-electron chi connectivity index (χ2n) is 9.77. The normalized spacial score (nSPS) is 33.1. The number of nitrogens with zero attached hydrogens (tertiary/aromatic N) is 2. The Bertz CT molecular complexity index is 1110. The molecule has 4 aliphatic heterocycles. The summed E-state index contributed by atoms with van der Waals surface area (Å²) >= 11 is 7.96. The smallest absolute Gasteiger partial charge is 0.311 e. The largest absolute Gasteiger partial charge is 0.465 e. The molecule has 0 bridgehead atoms. The Hall–Kier alpha value is -2.29. The summed E-state index contributed by atoms with van der Waals surface area (Å²) in [5.41, 5.74) is 0.565. The van der Waals surface area contributed by atoms with Crippen LogP contribution in [0.1, 0.15) is 20.3 Å². The molecule has 4 aliphatic rings. The van der Waals surface area contributed by atoms with Crippen molar-refractivity contribution >= 4 is 46.8 Å². The molecule has 1 spiro atoms. The molecular weight excluding hydrogens is 488 g/mol. The van der Waals surface area contributed by atoms with Gasteiger partial charge < -0.3 is 19.6 Å². The number of carbonyl (C=O) groups is 3. The molecule has 0 radical (unpaired) electrons. The molecule has 5 rings (SSSR count). The summed E-state index contributed by atoms with van der Waals surface area (Å²) in [6.45, 7) is 4.11. The summed E-state index contributed by atoms with van der Waals surface area (Å²) in [4.78, 5) is 44.8. The van der Waals surface area contributed by atoms with E-state index in [0.29, 0.717) is 17.1 Å². The number of benzene rings is 1. The van der Waals surface area contributed by atoms with Crippen LogP contribution in [-0.4, -0.2) is 69.6 Å². The van der Waals surface area contributed by atoms with Crippen LogP contribution in [0, 0.1) is 17.8 Å². The van der Waals surface area contributed by atoms with Gasteiger partial charge in [0.25, 0.3) is 5.91 Å². The van der Waals surface area contributed by atoms with E-state index in [1.165, 1.54) is 11.8 Å². The maximum absolute atomic E-state index is 14.3. The van der Waals surface area contributed by atoms with Gasteiger partial charge in [0.1, 0.15) is 6.04 Å². The SMILES string of the molecule is CC(C)[C@H](CO)N1C(=O)[C@@H]2[C@H]3C(=O)OCCC=C[C@H]3S[C@@]23C=CCN(c2ccccc2Cl)C(=O)C13. The molecule has 4 heterocycles. The van der Waals surface area contributed by atoms with E-state index in [-0.39, 0.29) is 42.7 Å². The average Bonchev–Trinajstić information content (AvgIpc) is 3.19. The monoisotopic (exact) mass is 516 g/mol. The van der Waals surface area contributed by atoms with Crippen molar-refractivity contribution < 1.29 is 24.2 Å². The number of esters is 1. The fraction of sp³-hybridized carbons (Fsp3) is 0.500. The highest BCUT2D eigenvalue weighted by molar-refractivity contribution is 8.02. The van der Waals surface area contributed by atoms with Crippen molar-refractivity contribution in [2.75, 3.05) is 24.7 Å². The number of aliphatic hydroxyl groups excluding tert-OH is 1. The Morgan fingerprint density at radius 2 is 1.97 bits per heavy atom. The van der Waals surface area contributed by atoms with Crippen LogP contribution in [0.25, 0.3) is 0 Å². The molecule has 0 saturated carbocycles. The second kappa shape index (κ2) is 9.30. The van der Waals surface area contributed by atoms with Gasteiger partial charge in [-0.2, -0.15) is 0 Å². The number of amides is 2. The molecule has 35 heavy (non-hydrogen) atoms. The van der Waals surface area contributed by atoms with E-state index < -0.39 is 34.6 Å². The summed E-state index contributed by atoms with van der Waals surface area (Å²) in [7, 11) is 0. The van der Waals surface area contributed by atoms with E-state index in [1.807, 2.05) is 44.2 Å². The van der Waals surface area contributed by atoms with E-state index in [4.69, 9.17) is 16.3 Å². The minimum Gasteiger partial charge on any atom is -0.465 e. The van der Waals surface area contributed by atoms with Gasteiger partial charge >= 0.3 is 5.97 Å². The fourth-order valence-corrected chi connectivity index (χ4v) is 8.14. The van der Waals surface area contributed by atoms with E-state index in [2.05, 4.69) is 0 Å². The van der Waals surface area contributed by atoms with E-state index in [9.17, 15) is 19.5 Å². The van der Waals surface area contributed by atoms with Gasteiger partial charge in [-0.3, -0.25) is 14.4 Å². The number of cyclic esters (lactones) is 1. The number of anilines is 1. The van der Waals surface area contributed by atoms with E-state index in [0.717, 1.165) is 0 Å². The predicted octanol–water partition coefficient (Wildman–Crippen LogP) is 3.06. The number of ether oxygens (including phenoxy) is 1. The van der Waals surface area contributed by atoms with Gasteiger partial charge in [0.2, 0.25) is 5.91 Å². The minimum absolute atomic E-state index is 0.0985. The Morgan fingerprint density at radius 3 is 2.69 bits per heavy atom. The van der Waals surface area contributed by atoms with Crippen molar-refractivity contribution in [1.29, 1.82) is 0 Å². The molecular formula is C26H29ClN2O5S. The maximum atomic E-state index is 14.3. The van der Waals surface area contributed by atoms with Crippen molar-refractivity contribution in [2.24, 2.45) is 17.8 Å². The molecule has 7 nitrogen and oxygen atoms in total. The standard InChI is InChI=1S/C26H29ClN2O5S/c1-15(2)18(14-30)29-22-24(32)28(17-9-4-3-8-16(17)27)12-7-11-26(22)21(23(29)31)20-19(35-26)10-5-6-13-34-25(20)33/h3-5,7-11,15,18-22,30H,6,12-14H2,1-2H3/t18-,19+,20-,21-,22?,26-/m0/s1. The molecule has 0 aromatic heterocycles. The molecule has 1 aromatic rings. The number of rotatable bonds is 4. The molecule has 2 amide bonds. The Kier molecular flexibility index (Phi) is 6.48. The van der Waals surface area contributed by atoms with Crippen molar-refractivity contribution in [2.45, 2.75) is 42.3 Å². The van der Waals surface area contributed by atoms with Gasteiger partial charge in [0.05, 0.1) is 46.5 Å². The molecule has 0 aliphatic carbocycles. The van der Waals surface area contributed by atoms with E-state index >= 15 is 0 Å². The molecule has 2 saturated heterocycles. The number of fused-ring (bicyclic) bond motifs is 2. The van der Waals surface area contributed by atoms with Crippen LogP contribution < -0.4 is 4.90 Å². The molecule has 1 N–H and O–H groups in total. The maximum Gasteiger partial charge on any atom is 0.311 e. The van der Waals surface area contributed by atoms with Crippen molar-refractivity contribution in [3.05, 3.63) is 53.6 Å². The summed E-state index contributed by atoms with van der Waals surface area (Å²) < 4.78 is 4.54. The number of halogens is 1. The number of hydrogen-bond acceptors (Lipinski definition) is 6. The van der Waals surface area contributed by atoms with Crippen LogP contribution in [0.2, 0.25) is 5.02 Å². The van der Waals surface area contributed by atoms with Gasteiger partial charge in [0.15, 0.2) is 0 Å². The Morgan fingerprint density at radius 1 is 1.20 bits per heavy atom. The van der Waals surface area contributed by atoms with Crippen LogP contribution in [0.3, 0.4) is 0 Å². The topological polar surface area (TPSA) is 87.2 Å². The first kappa shape index (κ1) is 24.4. The van der Waals surface area contributed by atoms with Crippen LogP contribution in [0.5, 0.6) is 0 Å². The van der Waals surface area contributed by atoms with Gasteiger partial charge in [-0.1, -0.05) is 61.9 Å². The highest BCUT2D eigenvalue weighted by Crippen LogP contribution is 2.61. The zero-order valence-electron chi connectivity index (χ0n) is 19.7. The number of carbonyl (C=O) groups excluding carboxylic acids is 3. The fourth-order valence-electron chi connectivity index (χ4n) is 5.91. The van der Waals surface area contributed by atoms with Crippen LogP contribution in [0.15, 0.2) is 48.6 Å². The number of thioether (sulfide) groups is 1. The zero-order chi connectivity index (χ0) is 24.9. The summed E-state index contributed by atoms with van der Waals surface area (Å²) in [5, 5.41) is 10.5. The third-order valence-corrected chi connectivity index (χ3v) is 9.58. The van der Waals surface area contributed by atoms with Crippen molar-refractivity contribution in [1.82, 2.24) is 4.90 Å². The first-order valence-corrected chi connectivity index (χ1v) is 13.3. The number of aliphatic hydroxyl groups is 1. The molecule has 2 fully saturated rings. The number of para-hydroxylation sites is 1. The quantitative estimate of drug-likeness (QED) is 0.489. The first-order chi connectivity index (χ1) is 16.8. The summed E-state index contributed by atoms with van der Waals surface area (Å²) in [6.07, 6.45) is 8.43. The highest BCUT2D eigenvalue weighted by atomic mass is 35.5. The van der Waals surface area contributed by atoms with Gasteiger partial charge in [0, 0.05) is 11.8 Å². The van der Waals surface area contributed by atoms with Crippen molar-refractivity contribution in [3.63, 3.8) is 0 Å². The molecule has 186 valence electrons. The third kappa shape index (κ3) is 3.72. The summed E-state index contributed by atoms with van der Waals surface area (Å²) in [6, 6.07) is 5.66. The van der Waals surface area contributed by atoms with Crippen LogP contribution in [-0.2, 0) is 19.1 Å². The Labute approximate surface area is 214 Å². The minimum atomic E-state index is -0.963. The second-order valence-corrected chi connectivity index (χ2v) is 11.7. The van der Waals surface area contributed by atoms with E-state index in [1.54, 1.807) is 28.0 Å². The molecule has 1 aromatic carbocycles. The average molecular weight is 517 g/mol. The van der Waals surface area contributed by atoms with Gasteiger partial charge in [-0.25, -0.2) is 0 Å². The van der Waals surface area contributed by atoms with Crippen LogP contribution >= 0.6 is 23.4 Å². The van der Waals surface area contributed by atoms with Crippen LogP contribution in [0.4, 0.5) is 5.69 Å². The zero-order valence-corrected chi connectivity index (χ0v) is 21.2. The predicted molar refractivity (Wildman–Crippen MR) is 135 cm³/mol. The Balaban J connectivity index is 1.68. The molecule has 6 atom stereocenters. The van der Waals surface area contributed by atoms with Crippen molar-refractivity contribution in [3.8, 4) is 0 Å². The third-order valence-electron chi connectivity index (χ3n) is 7.52. The summed E-state index contributed by atoms with van der Waals surface area (Å²) in [5.74, 6) is -2.52. The lowest BCUT2D eigenvalue weighted by Crippen LogP contribution is -2.57. The molecule has 1 unspecified atom stereocenters. The van der Waals surface area contributed by atoms with Gasteiger partial charge in [-0.05, 0) is 24.5 Å². The van der Waals surface area contributed by atoms with Gasteiger partial charge in [-0.15, -0.1) is 11.8 Å². The number of hydrogen-bond donors (Lipinski definition) is 1. The number of likely N-dealkylation sites (tertiary alicyclic amines) is 1. The lowest BCUT2D eigenvalue weighted by atomic mass is 9.78. The highest BCUT2D eigenvalue weighted by Gasteiger charge is 2.72.